The summed E-state index contributed by atoms with van der Waals surface area (Å²) in [6.07, 6.45) is -0.120. The highest BCUT2D eigenvalue weighted by atomic mass is 16.5. The van der Waals surface area contributed by atoms with Crippen molar-refractivity contribution in [3.05, 3.63) is 23.8 Å². The van der Waals surface area contributed by atoms with Crippen molar-refractivity contribution in [1.29, 1.82) is 0 Å². The fourth-order valence-electron chi connectivity index (χ4n) is 1.50. The van der Waals surface area contributed by atoms with Crippen molar-refractivity contribution in [1.82, 2.24) is 5.32 Å². The SMILES string of the molecule is COc1ccc(C(=O)N[C@@H](C)C(=O)O)c(OC(C)C)c1. The number of carbonyl (C=O) groups excluding carboxylic acids is 1. The van der Waals surface area contributed by atoms with Gasteiger partial charge in [0, 0.05) is 6.07 Å². The average molecular weight is 281 g/mol. The van der Waals surface area contributed by atoms with E-state index >= 15 is 0 Å². The average Bonchev–Trinajstić information content (AvgIpc) is 2.37. The minimum atomic E-state index is -1.10. The molecular formula is C14H19NO5. The Morgan fingerprint density at radius 3 is 2.40 bits per heavy atom. The topological polar surface area (TPSA) is 84.9 Å². The molecule has 0 aliphatic rings. The number of methoxy groups -OCH3 is 1. The lowest BCUT2D eigenvalue weighted by Crippen LogP contribution is -2.38. The predicted molar refractivity (Wildman–Crippen MR) is 73.3 cm³/mol. The molecule has 0 spiro atoms. The number of carboxylic acids is 1. The smallest absolute Gasteiger partial charge is 0.325 e. The molecule has 1 aromatic carbocycles. The van der Waals surface area contributed by atoms with Gasteiger partial charge in [0.25, 0.3) is 5.91 Å². The third kappa shape index (κ3) is 4.15. The molecule has 0 heterocycles. The van der Waals surface area contributed by atoms with Crippen LogP contribution in [0.1, 0.15) is 31.1 Å². The van der Waals surface area contributed by atoms with Gasteiger partial charge in [-0.1, -0.05) is 0 Å². The normalized spacial score (nSPS) is 11.8. The summed E-state index contributed by atoms with van der Waals surface area (Å²) in [5.41, 5.74) is 0.271. The number of amides is 1. The van der Waals surface area contributed by atoms with E-state index in [4.69, 9.17) is 14.6 Å². The molecule has 1 aromatic rings. The van der Waals surface area contributed by atoms with Crippen molar-refractivity contribution < 1.29 is 24.2 Å². The highest BCUT2D eigenvalue weighted by Gasteiger charge is 2.19. The van der Waals surface area contributed by atoms with Gasteiger partial charge in [0.15, 0.2) is 0 Å². The highest BCUT2D eigenvalue weighted by molar-refractivity contribution is 5.99. The van der Waals surface area contributed by atoms with E-state index in [0.29, 0.717) is 11.5 Å². The number of ether oxygens (including phenoxy) is 2. The Balaban J connectivity index is 3.03. The number of benzene rings is 1. The van der Waals surface area contributed by atoms with E-state index in [1.165, 1.54) is 14.0 Å². The second-order valence-electron chi connectivity index (χ2n) is 4.56. The van der Waals surface area contributed by atoms with Crippen LogP contribution in [0.4, 0.5) is 0 Å². The number of rotatable bonds is 6. The second kappa shape index (κ2) is 6.79. The summed E-state index contributed by atoms with van der Waals surface area (Å²) in [5, 5.41) is 11.2. The molecule has 0 aromatic heterocycles. The van der Waals surface area contributed by atoms with E-state index in [2.05, 4.69) is 5.32 Å². The van der Waals surface area contributed by atoms with Gasteiger partial charge in [0.05, 0.1) is 18.8 Å². The first-order valence-corrected chi connectivity index (χ1v) is 6.23. The molecule has 1 rings (SSSR count). The lowest BCUT2D eigenvalue weighted by molar-refractivity contribution is -0.138. The Labute approximate surface area is 117 Å². The third-order valence-electron chi connectivity index (χ3n) is 2.51. The summed E-state index contributed by atoms with van der Waals surface area (Å²) < 4.78 is 10.6. The molecule has 0 saturated carbocycles. The summed E-state index contributed by atoms with van der Waals surface area (Å²) in [5.74, 6) is -0.686. The third-order valence-corrected chi connectivity index (χ3v) is 2.51. The van der Waals surface area contributed by atoms with E-state index < -0.39 is 17.9 Å². The van der Waals surface area contributed by atoms with E-state index in [-0.39, 0.29) is 11.7 Å². The van der Waals surface area contributed by atoms with Crippen LogP contribution in [0, 0.1) is 0 Å². The van der Waals surface area contributed by atoms with Crippen LogP contribution in [0.15, 0.2) is 18.2 Å². The number of carboxylic acid groups (broad SMARTS) is 1. The van der Waals surface area contributed by atoms with E-state index in [0.717, 1.165) is 0 Å². The van der Waals surface area contributed by atoms with Crippen LogP contribution in [0.5, 0.6) is 11.5 Å². The molecule has 0 fully saturated rings. The van der Waals surface area contributed by atoms with Crippen molar-refractivity contribution in [2.24, 2.45) is 0 Å². The van der Waals surface area contributed by atoms with Crippen LogP contribution >= 0.6 is 0 Å². The number of nitrogens with one attached hydrogen (secondary N) is 1. The van der Waals surface area contributed by atoms with Gasteiger partial charge in [-0.3, -0.25) is 9.59 Å². The molecule has 20 heavy (non-hydrogen) atoms. The Hall–Kier alpha value is -2.24. The summed E-state index contributed by atoms with van der Waals surface area (Å²) in [6, 6.07) is 3.78. The minimum Gasteiger partial charge on any atom is -0.497 e. The van der Waals surface area contributed by atoms with Gasteiger partial charge in [0.2, 0.25) is 0 Å². The van der Waals surface area contributed by atoms with E-state index in [9.17, 15) is 9.59 Å². The van der Waals surface area contributed by atoms with Crippen LogP contribution in [-0.2, 0) is 4.79 Å². The van der Waals surface area contributed by atoms with Crippen molar-refractivity contribution in [2.75, 3.05) is 7.11 Å². The van der Waals surface area contributed by atoms with Gasteiger partial charge in [0.1, 0.15) is 17.5 Å². The molecule has 110 valence electrons. The molecule has 0 radical (unpaired) electrons. The lowest BCUT2D eigenvalue weighted by Gasteiger charge is -2.16. The monoisotopic (exact) mass is 281 g/mol. The fourth-order valence-corrected chi connectivity index (χ4v) is 1.50. The van der Waals surface area contributed by atoms with E-state index in [1.54, 1.807) is 18.2 Å². The van der Waals surface area contributed by atoms with Crippen molar-refractivity contribution in [3.63, 3.8) is 0 Å². The molecule has 6 heteroatoms. The maximum atomic E-state index is 12.1. The molecule has 1 amide bonds. The molecule has 0 bridgehead atoms. The number of aliphatic carboxylic acids is 1. The summed E-state index contributed by atoms with van der Waals surface area (Å²) in [6.45, 7) is 5.06. The van der Waals surface area contributed by atoms with Crippen molar-refractivity contribution in [2.45, 2.75) is 32.9 Å². The van der Waals surface area contributed by atoms with Crippen LogP contribution in [0.2, 0.25) is 0 Å². The Morgan fingerprint density at radius 2 is 1.90 bits per heavy atom. The van der Waals surface area contributed by atoms with Gasteiger partial charge < -0.3 is 19.9 Å². The number of carbonyl (C=O) groups is 2. The molecule has 0 aliphatic carbocycles. The zero-order chi connectivity index (χ0) is 15.3. The first-order valence-electron chi connectivity index (χ1n) is 6.23. The molecule has 0 aliphatic heterocycles. The van der Waals surface area contributed by atoms with Crippen LogP contribution in [0.3, 0.4) is 0 Å². The Bertz CT molecular complexity index is 498. The van der Waals surface area contributed by atoms with Crippen LogP contribution < -0.4 is 14.8 Å². The fraction of sp³-hybridized carbons (Fsp3) is 0.429. The lowest BCUT2D eigenvalue weighted by atomic mass is 10.1. The quantitative estimate of drug-likeness (QED) is 0.828. The summed E-state index contributed by atoms with van der Waals surface area (Å²) in [4.78, 5) is 22.8. The maximum Gasteiger partial charge on any atom is 0.325 e. The largest absolute Gasteiger partial charge is 0.497 e. The first-order chi connectivity index (χ1) is 9.35. The summed E-state index contributed by atoms with van der Waals surface area (Å²) >= 11 is 0. The van der Waals surface area contributed by atoms with Gasteiger partial charge >= 0.3 is 5.97 Å². The van der Waals surface area contributed by atoms with Gasteiger partial charge in [-0.2, -0.15) is 0 Å². The number of hydrogen-bond donors (Lipinski definition) is 2. The van der Waals surface area contributed by atoms with Gasteiger partial charge in [-0.25, -0.2) is 0 Å². The van der Waals surface area contributed by atoms with Crippen LogP contribution in [-0.4, -0.2) is 36.2 Å². The van der Waals surface area contributed by atoms with Crippen molar-refractivity contribution >= 4 is 11.9 Å². The standard InChI is InChI=1S/C14H19NO5/c1-8(2)20-12-7-10(19-4)5-6-11(12)13(16)15-9(3)14(17)18/h5-9H,1-4H3,(H,15,16)(H,17,18)/t9-/m0/s1. The molecular weight excluding hydrogens is 262 g/mol. The molecule has 1 atom stereocenters. The highest BCUT2D eigenvalue weighted by Crippen LogP contribution is 2.25. The summed E-state index contributed by atoms with van der Waals surface area (Å²) in [7, 11) is 1.51. The first kappa shape index (κ1) is 15.8. The van der Waals surface area contributed by atoms with E-state index in [1.807, 2.05) is 13.8 Å². The Morgan fingerprint density at radius 1 is 1.25 bits per heavy atom. The molecule has 6 nitrogen and oxygen atoms in total. The van der Waals surface area contributed by atoms with Crippen LogP contribution in [0.25, 0.3) is 0 Å². The van der Waals surface area contributed by atoms with Gasteiger partial charge in [-0.05, 0) is 32.9 Å². The second-order valence-corrected chi connectivity index (χ2v) is 4.56. The van der Waals surface area contributed by atoms with Crippen molar-refractivity contribution in [3.8, 4) is 11.5 Å². The van der Waals surface area contributed by atoms with Gasteiger partial charge in [-0.15, -0.1) is 0 Å². The zero-order valence-corrected chi connectivity index (χ0v) is 12.0. The zero-order valence-electron chi connectivity index (χ0n) is 12.0. The minimum absolute atomic E-state index is 0.120. The molecule has 0 saturated heterocycles. The molecule has 0 unspecified atom stereocenters. The maximum absolute atomic E-state index is 12.1. The Kier molecular flexibility index (Phi) is 5.37. The molecule has 2 N–H and O–H groups in total. The predicted octanol–water partition coefficient (Wildman–Crippen LogP) is 1.69. The number of hydrogen-bond acceptors (Lipinski definition) is 4.